The number of rotatable bonds is 3. The first-order chi connectivity index (χ1) is 11.8. The molecule has 0 N–H and O–H groups in total. The molecule has 132 valence electrons. The summed E-state index contributed by atoms with van der Waals surface area (Å²) in [6, 6.07) is 11.7. The summed E-state index contributed by atoms with van der Waals surface area (Å²) in [6.45, 7) is 3.64. The molecule has 6 nitrogen and oxygen atoms in total. The van der Waals surface area contributed by atoms with Gasteiger partial charge in [0.15, 0.2) is 0 Å². The summed E-state index contributed by atoms with van der Waals surface area (Å²) < 4.78 is 37.9. The first-order valence-electron chi connectivity index (χ1n) is 7.78. The van der Waals surface area contributed by atoms with Gasteiger partial charge >= 0.3 is 5.97 Å². The van der Waals surface area contributed by atoms with Crippen molar-refractivity contribution < 1.29 is 22.7 Å². The van der Waals surface area contributed by atoms with Crippen LogP contribution in [0.25, 0.3) is 0 Å². The predicted molar refractivity (Wildman–Crippen MR) is 93.3 cm³/mol. The molecule has 0 amide bonds. The van der Waals surface area contributed by atoms with Crippen LogP contribution < -0.4 is 9.04 Å². The number of esters is 1. The molecule has 0 spiro atoms. The van der Waals surface area contributed by atoms with Gasteiger partial charge in [-0.1, -0.05) is 18.2 Å². The van der Waals surface area contributed by atoms with E-state index in [-0.39, 0.29) is 11.4 Å². The van der Waals surface area contributed by atoms with E-state index < -0.39 is 22.1 Å². The van der Waals surface area contributed by atoms with Crippen LogP contribution in [0, 0.1) is 13.8 Å². The van der Waals surface area contributed by atoms with Gasteiger partial charge in [-0.15, -0.1) is 0 Å². The Morgan fingerprint density at radius 3 is 2.56 bits per heavy atom. The van der Waals surface area contributed by atoms with Crippen molar-refractivity contribution in [3.63, 3.8) is 0 Å². The number of methoxy groups -OCH3 is 1. The number of sulfonamides is 1. The maximum atomic E-state index is 13.2. The van der Waals surface area contributed by atoms with Crippen LogP contribution >= 0.6 is 0 Å². The first-order valence-corrected chi connectivity index (χ1v) is 9.22. The second-order valence-electron chi connectivity index (χ2n) is 5.88. The van der Waals surface area contributed by atoms with Gasteiger partial charge in [-0.05, 0) is 49.2 Å². The van der Waals surface area contributed by atoms with Gasteiger partial charge in [-0.2, -0.15) is 0 Å². The summed E-state index contributed by atoms with van der Waals surface area (Å²) in [5.41, 5.74) is 2.29. The van der Waals surface area contributed by atoms with Crippen molar-refractivity contribution >= 4 is 21.7 Å². The highest BCUT2D eigenvalue weighted by atomic mass is 32.2. The van der Waals surface area contributed by atoms with Gasteiger partial charge in [0.2, 0.25) is 6.10 Å². The molecular weight excluding hydrogens is 342 g/mol. The Morgan fingerprint density at radius 2 is 1.88 bits per heavy atom. The number of fused-ring (bicyclic) bond motifs is 1. The summed E-state index contributed by atoms with van der Waals surface area (Å²) >= 11 is 0. The van der Waals surface area contributed by atoms with E-state index in [2.05, 4.69) is 0 Å². The number of ether oxygens (including phenoxy) is 2. The fraction of sp³-hybridized carbons (Fsp3) is 0.278. The van der Waals surface area contributed by atoms with Crippen molar-refractivity contribution in [2.45, 2.75) is 24.8 Å². The number of para-hydroxylation sites is 2. The van der Waals surface area contributed by atoms with Crippen LogP contribution in [0.15, 0.2) is 47.4 Å². The Kier molecular flexibility index (Phi) is 4.43. The standard InChI is InChI=1S/C18H19NO5S/c1-12-8-9-14(10-13(12)2)25(21,22)19-11-17(18(20)23-3)24-16-7-5-4-6-15(16)19/h4-10,17H,11H2,1-3H3/t17-/m1/s1. The zero-order valence-corrected chi connectivity index (χ0v) is 15.0. The molecule has 2 aromatic carbocycles. The molecule has 0 radical (unpaired) electrons. The van der Waals surface area contributed by atoms with Crippen LogP contribution in [-0.2, 0) is 19.6 Å². The molecule has 0 saturated carbocycles. The Morgan fingerprint density at radius 1 is 1.16 bits per heavy atom. The normalized spacial score (nSPS) is 16.8. The van der Waals surface area contributed by atoms with Crippen LogP contribution in [0.1, 0.15) is 11.1 Å². The lowest BCUT2D eigenvalue weighted by atomic mass is 10.1. The lowest BCUT2D eigenvalue weighted by Crippen LogP contribution is -2.47. The summed E-state index contributed by atoms with van der Waals surface area (Å²) in [7, 11) is -2.60. The number of aryl methyl sites for hydroxylation is 2. The number of hydrogen-bond donors (Lipinski definition) is 0. The number of carbonyl (C=O) groups excluding carboxylic acids is 1. The van der Waals surface area contributed by atoms with E-state index in [0.717, 1.165) is 11.1 Å². The van der Waals surface area contributed by atoms with Crippen molar-refractivity contribution in [3.05, 3.63) is 53.6 Å². The number of carbonyl (C=O) groups is 1. The molecule has 0 aromatic heterocycles. The van der Waals surface area contributed by atoms with E-state index in [9.17, 15) is 13.2 Å². The lowest BCUT2D eigenvalue weighted by molar-refractivity contribution is -0.148. The summed E-state index contributed by atoms with van der Waals surface area (Å²) in [6.07, 6.45) is -1.01. The lowest BCUT2D eigenvalue weighted by Gasteiger charge is -2.34. The van der Waals surface area contributed by atoms with Crippen molar-refractivity contribution in [1.29, 1.82) is 0 Å². The van der Waals surface area contributed by atoms with Gasteiger partial charge in [-0.3, -0.25) is 4.31 Å². The molecule has 1 aliphatic heterocycles. The Bertz CT molecular complexity index is 923. The van der Waals surface area contributed by atoms with Gasteiger partial charge in [0.25, 0.3) is 10.0 Å². The van der Waals surface area contributed by atoms with Crippen LogP contribution in [0.5, 0.6) is 5.75 Å². The monoisotopic (exact) mass is 361 g/mol. The number of nitrogens with zero attached hydrogens (tertiary/aromatic N) is 1. The quantitative estimate of drug-likeness (QED) is 0.785. The summed E-state index contributed by atoms with van der Waals surface area (Å²) in [5, 5.41) is 0. The maximum Gasteiger partial charge on any atom is 0.348 e. The molecule has 2 aromatic rings. The highest BCUT2D eigenvalue weighted by Gasteiger charge is 2.38. The van der Waals surface area contributed by atoms with E-state index in [1.807, 2.05) is 13.8 Å². The summed E-state index contributed by atoms with van der Waals surface area (Å²) in [4.78, 5) is 12.1. The molecule has 0 bridgehead atoms. The Hall–Kier alpha value is -2.54. The third kappa shape index (κ3) is 3.07. The SMILES string of the molecule is COC(=O)[C@H]1CN(S(=O)(=O)c2ccc(C)c(C)c2)c2ccccc2O1. The average molecular weight is 361 g/mol. The fourth-order valence-electron chi connectivity index (χ4n) is 2.69. The zero-order valence-electron chi connectivity index (χ0n) is 14.2. The zero-order chi connectivity index (χ0) is 18.2. The van der Waals surface area contributed by atoms with Crippen LogP contribution in [0.3, 0.4) is 0 Å². The van der Waals surface area contributed by atoms with Gasteiger partial charge < -0.3 is 9.47 Å². The topological polar surface area (TPSA) is 72.9 Å². The third-order valence-electron chi connectivity index (χ3n) is 4.27. The highest BCUT2D eigenvalue weighted by Crippen LogP contribution is 2.37. The number of benzene rings is 2. The van der Waals surface area contributed by atoms with Crippen molar-refractivity contribution in [2.75, 3.05) is 18.0 Å². The van der Waals surface area contributed by atoms with E-state index >= 15 is 0 Å². The molecule has 7 heteroatoms. The minimum Gasteiger partial charge on any atom is -0.475 e. The van der Waals surface area contributed by atoms with Crippen LogP contribution in [-0.4, -0.2) is 34.1 Å². The predicted octanol–water partition coefficient (Wildman–Crippen LogP) is 2.43. The molecule has 1 aliphatic rings. The smallest absolute Gasteiger partial charge is 0.348 e. The van der Waals surface area contributed by atoms with Crippen LogP contribution in [0.2, 0.25) is 0 Å². The van der Waals surface area contributed by atoms with Crippen molar-refractivity contribution in [1.82, 2.24) is 0 Å². The molecule has 1 heterocycles. The average Bonchev–Trinajstić information content (AvgIpc) is 2.62. The van der Waals surface area contributed by atoms with E-state index in [1.165, 1.54) is 11.4 Å². The van der Waals surface area contributed by atoms with Gasteiger partial charge in [-0.25, -0.2) is 13.2 Å². The van der Waals surface area contributed by atoms with Crippen molar-refractivity contribution in [2.24, 2.45) is 0 Å². The molecule has 25 heavy (non-hydrogen) atoms. The van der Waals surface area contributed by atoms with Crippen molar-refractivity contribution in [3.8, 4) is 5.75 Å². The molecule has 3 rings (SSSR count). The second-order valence-corrected chi connectivity index (χ2v) is 7.74. The highest BCUT2D eigenvalue weighted by molar-refractivity contribution is 7.92. The fourth-order valence-corrected chi connectivity index (χ4v) is 4.25. The molecule has 0 saturated heterocycles. The summed E-state index contributed by atoms with van der Waals surface area (Å²) in [5.74, 6) is -0.286. The minimum atomic E-state index is -3.84. The van der Waals surface area contributed by atoms with E-state index in [1.54, 1.807) is 42.5 Å². The van der Waals surface area contributed by atoms with Gasteiger partial charge in [0.1, 0.15) is 5.75 Å². The number of anilines is 1. The molecule has 1 atom stereocenters. The van der Waals surface area contributed by atoms with Crippen LogP contribution in [0.4, 0.5) is 5.69 Å². The largest absolute Gasteiger partial charge is 0.475 e. The molecule has 0 fully saturated rings. The maximum absolute atomic E-state index is 13.2. The second kappa shape index (κ2) is 6.40. The minimum absolute atomic E-state index is 0.140. The molecule has 0 unspecified atom stereocenters. The third-order valence-corrected chi connectivity index (χ3v) is 6.04. The molecular formula is C18H19NO5S. The number of hydrogen-bond acceptors (Lipinski definition) is 5. The van der Waals surface area contributed by atoms with Gasteiger partial charge in [0, 0.05) is 0 Å². The molecule has 0 aliphatic carbocycles. The van der Waals surface area contributed by atoms with E-state index in [0.29, 0.717) is 11.4 Å². The Balaban J connectivity index is 2.10. The first kappa shape index (κ1) is 17.3. The Labute approximate surface area is 147 Å². The van der Waals surface area contributed by atoms with E-state index in [4.69, 9.17) is 9.47 Å². The van der Waals surface area contributed by atoms with Gasteiger partial charge in [0.05, 0.1) is 24.2 Å².